The van der Waals surface area contributed by atoms with Crippen molar-refractivity contribution in [3.63, 3.8) is 0 Å². The summed E-state index contributed by atoms with van der Waals surface area (Å²) in [5.41, 5.74) is -1.04. The van der Waals surface area contributed by atoms with Crippen molar-refractivity contribution in [1.82, 2.24) is 10.6 Å². The predicted octanol–water partition coefficient (Wildman–Crippen LogP) is 1.52. The number of allylic oxidation sites excluding steroid dienone is 2. The molecule has 0 aromatic rings. The fourth-order valence-electron chi connectivity index (χ4n) is 2.05. The van der Waals surface area contributed by atoms with E-state index in [1.807, 2.05) is 32.9 Å². The SMILES string of the molecule is C/C=C\CC1([C@H](C)CC)C(=O)NC(=S)NC1=O. The topological polar surface area (TPSA) is 58.2 Å². The second-order valence-corrected chi connectivity index (χ2v) is 4.70. The van der Waals surface area contributed by atoms with E-state index in [4.69, 9.17) is 12.2 Å². The van der Waals surface area contributed by atoms with Crippen molar-refractivity contribution in [2.45, 2.75) is 33.6 Å². The maximum absolute atomic E-state index is 12.1. The molecule has 94 valence electrons. The standard InChI is InChI=1S/C12H18N2O2S/c1-4-6-7-12(8(3)5-2)9(15)13-11(17)14-10(12)16/h4,6,8H,5,7H2,1-3H3,(H2,13,14,15,16,17)/b6-4-/t8-/m1/s1. The Bertz CT molecular complexity index is 357. The minimum Gasteiger partial charge on any atom is -0.302 e. The van der Waals surface area contributed by atoms with E-state index < -0.39 is 5.41 Å². The molecule has 5 heteroatoms. The lowest BCUT2D eigenvalue weighted by Gasteiger charge is -2.38. The van der Waals surface area contributed by atoms with Crippen LogP contribution in [0.3, 0.4) is 0 Å². The minimum atomic E-state index is -1.04. The van der Waals surface area contributed by atoms with Crippen molar-refractivity contribution >= 4 is 29.1 Å². The summed E-state index contributed by atoms with van der Waals surface area (Å²) in [5.74, 6) is -0.626. The van der Waals surface area contributed by atoms with E-state index in [1.54, 1.807) is 0 Å². The zero-order valence-electron chi connectivity index (χ0n) is 10.4. The molecule has 4 nitrogen and oxygen atoms in total. The Kier molecular flexibility index (Phi) is 4.40. The first-order valence-corrected chi connectivity index (χ1v) is 6.17. The molecule has 0 bridgehead atoms. The molecule has 0 spiro atoms. The van der Waals surface area contributed by atoms with Gasteiger partial charge in [-0.1, -0.05) is 32.4 Å². The quantitative estimate of drug-likeness (QED) is 0.454. The molecule has 0 unspecified atom stereocenters. The van der Waals surface area contributed by atoms with Gasteiger partial charge in [0, 0.05) is 0 Å². The lowest BCUT2D eigenvalue weighted by molar-refractivity contribution is -0.147. The van der Waals surface area contributed by atoms with Crippen LogP contribution in [-0.2, 0) is 9.59 Å². The summed E-state index contributed by atoms with van der Waals surface area (Å²) in [4.78, 5) is 24.3. The third-order valence-electron chi connectivity index (χ3n) is 3.39. The highest BCUT2D eigenvalue weighted by Gasteiger charge is 2.51. The maximum atomic E-state index is 12.1. The first kappa shape index (κ1) is 13.8. The Morgan fingerprint density at radius 3 is 2.29 bits per heavy atom. The first-order valence-electron chi connectivity index (χ1n) is 5.77. The molecule has 17 heavy (non-hydrogen) atoms. The lowest BCUT2D eigenvalue weighted by Crippen LogP contribution is -2.64. The number of carbonyl (C=O) groups is 2. The highest BCUT2D eigenvalue weighted by atomic mass is 32.1. The summed E-state index contributed by atoms with van der Waals surface area (Å²) in [6, 6.07) is 0. The number of rotatable bonds is 4. The van der Waals surface area contributed by atoms with Crippen molar-refractivity contribution in [3.8, 4) is 0 Å². The van der Waals surface area contributed by atoms with Crippen molar-refractivity contribution in [3.05, 3.63) is 12.2 Å². The zero-order valence-corrected chi connectivity index (χ0v) is 11.2. The molecule has 1 aliphatic rings. The number of thiocarbonyl (C=S) groups is 1. The molecule has 1 atom stereocenters. The molecule has 1 aliphatic heterocycles. The Balaban J connectivity index is 3.15. The van der Waals surface area contributed by atoms with Crippen molar-refractivity contribution in [2.24, 2.45) is 11.3 Å². The molecule has 2 amide bonds. The maximum Gasteiger partial charge on any atom is 0.242 e. The van der Waals surface area contributed by atoms with Crippen LogP contribution in [0.2, 0.25) is 0 Å². The number of amides is 2. The monoisotopic (exact) mass is 254 g/mol. The molecule has 1 heterocycles. The van der Waals surface area contributed by atoms with E-state index in [-0.39, 0.29) is 22.8 Å². The zero-order chi connectivity index (χ0) is 13.1. The third-order valence-corrected chi connectivity index (χ3v) is 3.60. The Morgan fingerprint density at radius 2 is 1.88 bits per heavy atom. The highest BCUT2D eigenvalue weighted by Crippen LogP contribution is 2.36. The van der Waals surface area contributed by atoms with Gasteiger partial charge in [-0.3, -0.25) is 9.59 Å². The van der Waals surface area contributed by atoms with Crippen LogP contribution in [0.15, 0.2) is 12.2 Å². The van der Waals surface area contributed by atoms with Crippen LogP contribution in [0.25, 0.3) is 0 Å². The molecule has 0 radical (unpaired) electrons. The fourth-order valence-corrected chi connectivity index (χ4v) is 2.24. The van der Waals surface area contributed by atoms with E-state index >= 15 is 0 Å². The van der Waals surface area contributed by atoms with Crippen LogP contribution in [-0.4, -0.2) is 16.9 Å². The van der Waals surface area contributed by atoms with E-state index in [1.165, 1.54) is 0 Å². The fraction of sp³-hybridized carbons (Fsp3) is 0.583. The smallest absolute Gasteiger partial charge is 0.242 e. The molecule has 0 aliphatic carbocycles. The minimum absolute atomic E-state index is 0.0400. The van der Waals surface area contributed by atoms with Crippen LogP contribution in [0.5, 0.6) is 0 Å². The van der Waals surface area contributed by atoms with Crippen LogP contribution in [0.1, 0.15) is 33.6 Å². The largest absolute Gasteiger partial charge is 0.302 e. The van der Waals surface area contributed by atoms with Crippen molar-refractivity contribution in [2.75, 3.05) is 0 Å². The summed E-state index contributed by atoms with van der Waals surface area (Å²) in [7, 11) is 0. The van der Waals surface area contributed by atoms with Gasteiger partial charge in [-0.05, 0) is 31.5 Å². The van der Waals surface area contributed by atoms with E-state index in [0.29, 0.717) is 6.42 Å². The molecular formula is C12H18N2O2S. The number of hydrogen-bond acceptors (Lipinski definition) is 3. The van der Waals surface area contributed by atoms with Gasteiger partial charge in [-0.25, -0.2) is 0 Å². The van der Waals surface area contributed by atoms with Crippen molar-refractivity contribution in [1.29, 1.82) is 0 Å². The average molecular weight is 254 g/mol. The number of nitrogens with one attached hydrogen (secondary N) is 2. The Labute approximate surface area is 107 Å². The summed E-state index contributed by atoms with van der Waals surface area (Å²) >= 11 is 4.82. The summed E-state index contributed by atoms with van der Waals surface area (Å²) in [5, 5.41) is 5.20. The van der Waals surface area contributed by atoms with E-state index in [2.05, 4.69) is 10.6 Å². The van der Waals surface area contributed by atoms with Gasteiger partial charge in [0.25, 0.3) is 0 Å². The molecule has 0 saturated carbocycles. The Hall–Kier alpha value is -1.23. The highest BCUT2D eigenvalue weighted by molar-refractivity contribution is 7.80. The van der Waals surface area contributed by atoms with Gasteiger partial charge >= 0.3 is 0 Å². The lowest BCUT2D eigenvalue weighted by atomic mass is 9.70. The number of carbonyl (C=O) groups excluding carboxylic acids is 2. The Morgan fingerprint density at radius 1 is 1.35 bits per heavy atom. The average Bonchev–Trinajstić information content (AvgIpc) is 2.27. The van der Waals surface area contributed by atoms with Crippen LogP contribution < -0.4 is 10.6 Å². The third kappa shape index (κ3) is 2.39. The van der Waals surface area contributed by atoms with Crippen LogP contribution in [0.4, 0.5) is 0 Å². The molecule has 1 saturated heterocycles. The predicted molar refractivity (Wildman–Crippen MR) is 70.2 cm³/mol. The van der Waals surface area contributed by atoms with Gasteiger partial charge in [-0.15, -0.1) is 0 Å². The molecule has 2 N–H and O–H groups in total. The molecule has 0 aromatic carbocycles. The summed E-state index contributed by atoms with van der Waals surface area (Å²) in [6.45, 7) is 5.75. The first-order chi connectivity index (χ1) is 7.98. The van der Waals surface area contributed by atoms with Gasteiger partial charge in [0.1, 0.15) is 5.41 Å². The molecule has 1 rings (SSSR count). The van der Waals surface area contributed by atoms with E-state index in [0.717, 1.165) is 6.42 Å². The van der Waals surface area contributed by atoms with Crippen LogP contribution >= 0.6 is 12.2 Å². The van der Waals surface area contributed by atoms with Crippen LogP contribution in [0, 0.1) is 11.3 Å². The normalized spacial score (nSPS) is 21.2. The molecule has 0 aromatic heterocycles. The van der Waals surface area contributed by atoms with Gasteiger partial charge in [-0.2, -0.15) is 0 Å². The second kappa shape index (κ2) is 5.40. The van der Waals surface area contributed by atoms with Gasteiger partial charge in [0.05, 0.1) is 0 Å². The van der Waals surface area contributed by atoms with Gasteiger partial charge < -0.3 is 10.6 Å². The molecule has 1 fully saturated rings. The van der Waals surface area contributed by atoms with E-state index in [9.17, 15) is 9.59 Å². The second-order valence-electron chi connectivity index (χ2n) is 4.29. The van der Waals surface area contributed by atoms with Crippen molar-refractivity contribution < 1.29 is 9.59 Å². The van der Waals surface area contributed by atoms with Gasteiger partial charge in [0.2, 0.25) is 11.8 Å². The summed E-state index contributed by atoms with van der Waals surface area (Å²) in [6.07, 6.45) is 4.85. The number of hydrogen-bond donors (Lipinski definition) is 2. The molecular weight excluding hydrogens is 236 g/mol. The summed E-state index contributed by atoms with van der Waals surface area (Å²) < 4.78 is 0. The van der Waals surface area contributed by atoms with Gasteiger partial charge in [0.15, 0.2) is 5.11 Å².